The van der Waals surface area contributed by atoms with E-state index in [-0.39, 0.29) is 0 Å². The molecule has 1 aliphatic heterocycles. The first kappa shape index (κ1) is 16.6. The lowest BCUT2D eigenvalue weighted by Crippen LogP contribution is -2.45. The summed E-state index contributed by atoms with van der Waals surface area (Å²) in [6.45, 7) is 12.2. The van der Waals surface area contributed by atoms with Crippen molar-refractivity contribution >= 4 is 11.8 Å². The second kappa shape index (κ2) is 8.05. The first-order valence-electron chi connectivity index (χ1n) is 8.70. The van der Waals surface area contributed by atoms with Gasteiger partial charge in [-0.05, 0) is 44.7 Å². The predicted octanol–water partition coefficient (Wildman–Crippen LogP) is 3.76. The first-order valence-corrected chi connectivity index (χ1v) is 9.69. The fourth-order valence-electron chi connectivity index (χ4n) is 3.60. The molecule has 118 valence electrons. The van der Waals surface area contributed by atoms with Crippen molar-refractivity contribution in [2.75, 3.05) is 31.9 Å². The van der Waals surface area contributed by atoms with E-state index in [1.165, 1.54) is 70.5 Å². The van der Waals surface area contributed by atoms with Crippen molar-refractivity contribution in [1.82, 2.24) is 10.2 Å². The summed E-state index contributed by atoms with van der Waals surface area (Å²) in [5.41, 5.74) is 0. The van der Waals surface area contributed by atoms with Gasteiger partial charge in [0.15, 0.2) is 0 Å². The molecule has 2 fully saturated rings. The molecule has 1 N–H and O–H groups in total. The van der Waals surface area contributed by atoms with E-state index < -0.39 is 0 Å². The van der Waals surface area contributed by atoms with Gasteiger partial charge < -0.3 is 10.2 Å². The molecule has 0 bridgehead atoms. The Kier molecular flexibility index (Phi) is 6.70. The third kappa shape index (κ3) is 5.23. The summed E-state index contributed by atoms with van der Waals surface area (Å²) in [5, 5.41) is 3.81. The van der Waals surface area contributed by atoms with Crippen molar-refractivity contribution < 1.29 is 0 Å². The van der Waals surface area contributed by atoms with E-state index in [1.54, 1.807) is 0 Å². The van der Waals surface area contributed by atoms with Crippen LogP contribution in [0.4, 0.5) is 0 Å². The Morgan fingerprint density at radius 3 is 2.80 bits per heavy atom. The van der Waals surface area contributed by atoms with E-state index in [4.69, 9.17) is 0 Å². The molecular formula is C17H34N2S. The molecule has 2 nitrogen and oxygen atoms in total. The smallest absolute Gasteiger partial charge is 0.0116 e. The van der Waals surface area contributed by atoms with Gasteiger partial charge in [0.05, 0.1) is 0 Å². The van der Waals surface area contributed by atoms with Crippen molar-refractivity contribution in [3.63, 3.8) is 0 Å². The summed E-state index contributed by atoms with van der Waals surface area (Å²) in [5.74, 6) is 2.20. The lowest BCUT2D eigenvalue weighted by atomic mass is 9.84. The Labute approximate surface area is 130 Å². The number of thioether (sulfide) groups is 1. The summed E-state index contributed by atoms with van der Waals surface area (Å²) >= 11 is 2.16. The van der Waals surface area contributed by atoms with Gasteiger partial charge in [-0.3, -0.25) is 0 Å². The SMILES string of the molecule is CCCNC1CCCCC1CN1CCSC(C)(C)CC1. The normalized spacial score (nSPS) is 31.9. The largest absolute Gasteiger partial charge is 0.314 e. The quantitative estimate of drug-likeness (QED) is 0.832. The zero-order valence-electron chi connectivity index (χ0n) is 13.8. The minimum atomic E-state index is 0.487. The van der Waals surface area contributed by atoms with Crippen molar-refractivity contribution in [3.8, 4) is 0 Å². The van der Waals surface area contributed by atoms with Crippen LogP contribution in [0.15, 0.2) is 0 Å². The second-order valence-electron chi connectivity index (χ2n) is 7.26. The molecule has 1 heterocycles. The average molecular weight is 299 g/mol. The summed E-state index contributed by atoms with van der Waals surface area (Å²) in [6.07, 6.45) is 8.33. The molecule has 1 saturated heterocycles. The number of rotatable bonds is 5. The van der Waals surface area contributed by atoms with Crippen LogP contribution in [-0.4, -0.2) is 47.6 Å². The Bertz CT molecular complexity index is 280. The first-order chi connectivity index (χ1) is 9.61. The highest BCUT2D eigenvalue weighted by Gasteiger charge is 2.29. The molecule has 2 unspecified atom stereocenters. The van der Waals surface area contributed by atoms with Gasteiger partial charge in [-0.25, -0.2) is 0 Å². The highest BCUT2D eigenvalue weighted by Crippen LogP contribution is 2.32. The van der Waals surface area contributed by atoms with Gasteiger partial charge in [0.25, 0.3) is 0 Å². The molecule has 0 radical (unpaired) electrons. The van der Waals surface area contributed by atoms with E-state index in [0.29, 0.717) is 4.75 Å². The van der Waals surface area contributed by atoms with Crippen LogP contribution in [0.25, 0.3) is 0 Å². The van der Waals surface area contributed by atoms with Gasteiger partial charge in [0.1, 0.15) is 0 Å². The Hall–Kier alpha value is 0.270. The molecule has 0 aromatic carbocycles. The van der Waals surface area contributed by atoms with Crippen LogP contribution in [0.1, 0.15) is 59.3 Å². The average Bonchev–Trinajstić information content (AvgIpc) is 2.59. The second-order valence-corrected chi connectivity index (χ2v) is 9.07. The third-order valence-corrected chi connectivity index (χ3v) is 6.36. The van der Waals surface area contributed by atoms with Gasteiger partial charge in [0, 0.05) is 29.6 Å². The van der Waals surface area contributed by atoms with Crippen molar-refractivity contribution in [1.29, 1.82) is 0 Å². The van der Waals surface area contributed by atoms with E-state index in [9.17, 15) is 0 Å². The predicted molar refractivity (Wildman–Crippen MR) is 91.6 cm³/mol. The van der Waals surface area contributed by atoms with Gasteiger partial charge in [-0.2, -0.15) is 11.8 Å². The number of nitrogens with zero attached hydrogens (tertiary/aromatic N) is 1. The van der Waals surface area contributed by atoms with Crippen molar-refractivity contribution in [2.45, 2.75) is 70.1 Å². The summed E-state index contributed by atoms with van der Waals surface area (Å²) < 4.78 is 0.487. The molecular weight excluding hydrogens is 264 g/mol. The van der Waals surface area contributed by atoms with E-state index >= 15 is 0 Å². The van der Waals surface area contributed by atoms with Crippen LogP contribution in [0, 0.1) is 5.92 Å². The highest BCUT2D eigenvalue weighted by molar-refractivity contribution is 8.00. The monoisotopic (exact) mass is 298 g/mol. The lowest BCUT2D eigenvalue weighted by molar-refractivity contribution is 0.172. The maximum Gasteiger partial charge on any atom is 0.0116 e. The van der Waals surface area contributed by atoms with Gasteiger partial charge in [-0.15, -0.1) is 0 Å². The van der Waals surface area contributed by atoms with Crippen LogP contribution in [0.5, 0.6) is 0 Å². The van der Waals surface area contributed by atoms with Crippen LogP contribution in [0.2, 0.25) is 0 Å². The molecule has 2 aliphatic rings. The summed E-state index contributed by atoms with van der Waals surface area (Å²) in [4.78, 5) is 2.75. The van der Waals surface area contributed by atoms with Crippen LogP contribution in [-0.2, 0) is 0 Å². The molecule has 1 aliphatic carbocycles. The summed E-state index contributed by atoms with van der Waals surface area (Å²) in [6, 6.07) is 0.785. The minimum Gasteiger partial charge on any atom is -0.314 e. The molecule has 0 spiro atoms. The number of nitrogens with one attached hydrogen (secondary N) is 1. The topological polar surface area (TPSA) is 15.3 Å². The van der Waals surface area contributed by atoms with Crippen LogP contribution in [0.3, 0.4) is 0 Å². The van der Waals surface area contributed by atoms with Crippen LogP contribution >= 0.6 is 11.8 Å². The lowest BCUT2D eigenvalue weighted by Gasteiger charge is -2.36. The van der Waals surface area contributed by atoms with Crippen molar-refractivity contribution in [3.05, 3.63) is 0 Å². The maximum atomic E-state index is 3.81. The van der Waals surface area contributed by atoms with Gasteiger partial charge >= 0.3 is 0 Å². The van der Waals surface area contributed by atoms with Crippen molar-refractivity contribution in [2.24, 2.45) is 5.92 Å². The zero-order chi connectivity index (χ0) is 14.4. The number of hydrogen-bond acceptors (Lipinski definition) is 3. The fraction of sp³-hybridized carbons (Fsp3) is 1.00. The molecule has 1 saturated carbocycles. The van der Waals surface area contributed by atoms with Crippen LogP contribution < -0.4 is 5.32 Å². The maximum absolute atomic E-state index is 3.81. The molecule has 3 heteroatoms. The summed E-state index contributed by atoms with van der Waals surface area (Å²) in [7, 11) is 0. The highest BCUT2D eigenvalue weighted by atomic mass is 32.2. The molecule has 2 atom stereocenters. The van der Waals surface area contributed by atoms with E-state index in [1.807, 2.05) is 0 Å². The standard InChI is InChI=1S/C17H34N2S/c1-4-10-18-16-8-6-5-7-15(16)14-19-11-9-17(2,3)20-13-12-19/h15-16,18H,4-14H2,1-3H3. The molecule has 2 rings (SSSR count). The Morgan fingerprint density at radius 1 is 1.20 bits per heavy atom. The zero-order valence-corrected chi connectivity index (χ0v) is 14.6. The molecule has 0 aromatic rings. The molecule has 0 aromatic heterocycles. The molecule has 0 amide bonds. The molecule has 20 heavy (non-hydrogen) atoms. The third-order valence-electron chi connectivity index (χ3n) is 4.99. The Morgan fingerprint density at radius 2 is 2.00 bits per heavy atom. The van der Waals surface area contributed by atoms with E-state index in [2.05, 4.69) is 42.7 Å². The van der Waals surface area contributed by atoms with Gasteiger partial charge in [0.2, 0.25) is 0 Å². The Balaban J connectivity index is 1.83. The minimum absolute atomic E-state index is 0.487. The van der Waals surface area contributed by atoms with Gasteiger partial charge in [-0.1, -0.05) is 33.6 Å². The number of hydrogen-bond donors (Lipinski definition) is 1. The van der Waals surface area contributed by atoms with E-state index in [0.717, 1.165) is 12.0 Å². The fourth-order valence-corrected chi connectivity index (χ4v) is 4.74.